The molecule has 0 saturated heterocycles. The fourth-order valence-electron chi connectivity index (χ4n) is 3.58. The Morgan fingerprint density at radius 2 is 1.97 bits per heavy atom. The maximum Gasteiger partial charge on any atom is 0.348 e. The van der Waals surface area contributed by atoms with Crippen LogP contribution in [0, 0.1) is 0 Å². The number of methoxy groups -OCH3 is 1. The lowest BCUT2D eigenvalue weighted by atomic mass is 9.88. The van der Waals surface area contributed by atoms with Crippen molar-refractivity contribution in [1.82, 2.24) is 0 Å². The number of ether oxygens (including phenoxy) is 3. The molecule has 2 aromatic carbocycles. The first-order chi connectivity index (χ1) is 14.0. The van der Waals surface area contributed by atoms with Crippen molar-refractivity contribution in [3.05, 3.63) is 57.9 Å². The van der Waals surface area contributed by atoms with Gasteiger partial charge in [-0.1, -0.05) is 12.1 Å². The van der Waals surface area contributed by atoms with Gasteiger partial charge in [0, 0.05) is 0 Å². The van der Waals surface area contributed by atoms with Crippen LogP contribution >= 0.6 is 0 Å². The Labute approximate surface area is 164 Å². The zero-order valence-electron chi connectivity index (χ0n) is 15.7. The van der Waals surface area contributed by atoms with Gasteiger partial charge in [-0.2, -0.15) is 0 Å². The molecular formula is C21H18O8. The van der Waals surface area contributed by atoms with Crippen LogP contribution < -0.4 is 15.1 Å². The number of para-hydroxylation sites is 1. The average molecular weight is 398 g/mol. The highest BCUT2D eigenvalue weighted by molar-refractivity contribution is 5.88. The minimum absolute atomic E-state index is 0.0127. The summed E-state index contributed by atoms with van der Waals surface area (Å²) in [6.45, 7) is 1.79. The van der Waals surface area contributed by atoms with E-state index in [1.54, 1.807) is 31.2 Å². The van der Waals surface area contributed by atoms with E-state index in [1.165, 1.54) is 19.2 Å². The number of esters is 1. The molecule has 0 amide bonds. The summed E-state index contributed by atoms with van der Waals surface area (Å²) < 4.78 is 21.6. The van der Waals surface area contributed by atoms with E-state index in [0.717, 1.165) is 0 Å². The molecule has 2 heterocycles. The van der Waals surface area contributed by atoms with E-state index in [-0.39, 0.29) is 23.7 Å². The molecule has 8 heteroatoms. The molecule has 0 aliphatic carbocycles. The van der Waals surface area contributed by atoms with Gasteiger partial charge in [0.05, 0.1) is 30.6 Å². The van der Waals surface area contributed by atoms with Crippen LogP contribution in [-0.2, 0) is 9.53 Å². The van der Waals surface area contributed by atoms with Crippen molar-refractivity contribution in [2.45, 2.75) is 18.9 Å². The fraction of sp³-hybridized carbons (Fsp3) is 0.238. The van der Waals surface area contributed by atoms with Crippen molar-refractivity contribution in [3.8, 4) is 23.0 Å². The lowest BCUT2D eigenvalue weighted by Gasteiger charge is -2.18. The first-order valence-corrected chi connectivity index (χ1v) is 8.95. The molecule has 2 atom stereocenters. The van der Waals surface area contributed by atoms with Gasteiger partial charge in [0.2, 0.25) is 11.9 Å². The number of hydrogen-bond acceptors (Lipinski definition) is 8. The van der Waals surface area contributed by atoms with Crippen LogP contribution in [0.5, 0.6) is 23.0 Å². The van der Waals surface area contributed by atoms with E-state index in [9.17, 15) is 19.8 Å². The third-order valence-corrected chi connectivity index (χ3v) is 4.83. The maximum absolute atomic E-state index is 12.8. The van der Waals surface area contributed by atoms with E-state index in [0.29, 0.717) is 16.5 Å². The van der Waals surface area contributed by atoms with Crippen LogP contribution in [0.15, 0.2) is 45.6 Å². The number of rotatable bonds is 4. The predicted molar refractivity (Wildman–Crippen MR) is 102 cm³/mol. The molecule has 2 N–H and O–H groups in total. The summed E-state index contributed by atoms with van der Waals surface area (Å²) in [6, 6.07) is 9.50. The Kier molecular flexibility index (Phi) is 4.54. The quantitative estimate of drug-likeness (QED) is 0.392. The monoisotopic (exact) mass is 398 g/mol. The molecule has 29 heavy (non-hydrogen) atoms. The van der Waals surface area contributed by atoms with Crippen molar-refractivity contribution in [2.75, 3.05) is 13.7 Å². The van der Waals surface area contributed by atoms with Gasteiger partial charge in [-0.25, -0.2) is 9.59 Å². The molecule has 1 aromatic heterocycles. The summed E-state index contributed by atoms with van der Waals surface area (Å²) in [5, 5.41) is 20.6. The standard InChI is InChI=1S/C21H18O8/c1-3-27-21(25)19-15(10-8-12(22)17(23)14(9-10)26-2)16-18(29-19)11-6-4-5-7-13(11)28-20(16)24/h4-9,15,19,22-23H,3H2,1-2H3/t15-,19+/m1/s1. The van der Waals surface area contributed by atoms with Gasteiger partial charge in [0.1, 0.15) is 11.3 Å². The van der Waals surface area contributed by atoms with Gasteiger partial charge in [0.25, 0.3) is 0 Å². The lowest BCUT2D eigenvalue weighted by molar-refractivity contribution is -0.151. The van der Waals surface area contributed by atoms with Crippen LogP contribution in [0.1, 0.15) is 24.0 Å². The fourth-order valence-corrected chi connectivity index (χ4v) is 3.58. The zero-order valence-corrected chi connectivity index (χ0v) is 15.7. The molecule has 3 aromatic rings. The smallest absolute Gasteiger partial charge is 0.348 e. The Hall–Kier alpha value is -3.68. The van der Waals surface area contributed by atoms with Crippen molar-refractivity contribution in [2.24, 2.45) is 0 Å². The summed E-state index contributed by atoms with van der Waals surface area (Å²) in [5.74, 6) is -2.28. The minimum atomic E-state index is -1.17. The van der Waals surface area contributed by atoms with Gasteiger partial charge in [-0.05, 0) is 36.8 Å². The second-order valence-corrected chi connectivity index (χ2v) is 6.49. The van der Waals surface area contributed by atoms with Gasteiger partial charge >= 0.3 is 11.6 Å². The first kappa shape index (κ1) is 18.7. The van der Waals surface area contributed by atoms with Crippen LogP contribution in [0.4, 0.5) is 0 Å². The van der Waals surface area contributed by atoms with Gasteiger partial charge in [-0.3, -0.25) is 0 Å². The molecule has 0 bridgehead atoms. The highest BCUT2D eigenvalue weighted by Crippen LogP contribution is 2.47. The van der Waals surface area contributed by atoms with Gasteiger partial charge < -0.3 is 28.8 Å². The number of carbonyl (C=O) groups excluding carboxylic acids is 1. The van der Waals surface area contributed by atoms with E-state index >= 15 is 0 Å². The van der Waals surface area contributed by atoms with Crippen molar-refractivity contribution >= 4 is 16.9 Å². The van der Waals surface area contributed by atoms with Crippen molar-refractivity contribution in [1.29, 1.82) is 0 Å². The number of aromatic hydroxyl groups is 2. The third-order valence-electron chi connectivity index (χ3n) is 4.83. The minimum Gasteiger partial charge on any atom is -0.504 e. The number of hydrogen-bond donors (Lipinski definition) is 2. The molecular weight excluding hydrogens is 380 g/mol. The Bertz CT molecular complexity index is 1160. The molecule has 0 saturated carbocycles. The van der Waals surface area contributed by atoms with E-state index in [4.69, 9.17) is 18.6 Å². The molecule has 1 aliphatic heterocycles. The molecule has 1 aliphatic rings. The van der Waals surface area contributed by atoms with Gasteiger partial charge in [0.15, 0.2) is 11.5 Å². The zero-order chi connectivity index (χ0) is 20.7. The SMILES string of the molecule is CCOC(=O)[C@H]1Oc2c(c(=O)oc3ccccc23)[C@H]1c1cc(O)c(O)c(OC)c1. The summed E-state index contributed by atoms with van der Waals surface area (Å²) in [7, 11) is 1.32. The number of benzene rings is 2. The van der Waals surface area contributed by atoms with Crippen LogP contribution in [0.3, 0.4) is 0 Å². The summed E-state index contributed by atoms with van der Waals surface area (Å²) in [6.07, 6.45) is -1.17. The predicted octanol–water partition coefficient (Wildman–Crippen LogP) is 2.67. The third kappa shape index (κ3) is 2.93. The molecule has 8 nitrogen and oxygen atoms in total. The van der Waals surface area contributed by atoms with E-state index in [1.807, 2.05) is 0 Å². The molecule has 0 spiro atoms. The van der Waals surface area contributed by atoms with Gasteiger partial charge in [-0.15, -0.1) is 0 Å². The second kappa shape index (κ2) is 7.05. The Morgan fingerprint density at radius 1 is 1.21 bits per heavy atom. The normalized spacial score (nSPS) is 17.6. The molecule has 0 fully saturated rings. The van der Waals surface area contributed by atoms with Crippen LogP contribution in [-0.4, -0.2) is 36.0 Å². The average Bonchev–Trinajstić information content (AvgIpc) is 3.12. The van der Waals surface area contributed by atoms with Crippen LogP contribution in [0.25, 0.3) is 11.0 Å². The molecule has 0 unspecified atom stereocenters. The largest absolute Gasteiger partial charge is 0.504 e. The van der Waals surface area contributed by atoms with E-state index in [2.05, 4.69) is 0 Å². The first-order valence-electron chi connectivity index (χ1n) is 8.95. The van der Waals surface area contributed by atoms with E-state index < -0.39 is 35.1 Å². The molecule has 150 valence electrons. The number of phenols is 2. The molecule has 0 radical (unpaired) electrons. The van der Waals surface area contributed by atoms with Crippen molar-refractivity contribution < 1.29 is 33.6 Å². The molecule has 4 rings (SSSR count). The van der Waals surface area contributed by atoms with Crippen molar-refractivity contribution in [3.63, 3.8) is 0 Å². The number of fused-ring (bicyclic) bond motifs is 3. The topological polar surface area (TPSA) is 115 Å². The highest BCUT2D eigenvalue weighted by atomic mass is 16.6. The number of carbonyl (C=O) groups is 1. The lowest BCUT2D eigenvalue weighted by Crippen LogP contribution is -2.32. The second-order valence-electron chi connectivity index (χ2n) is 6.49. The summed E-state index contributed by atoms with van der Waals surface area (Å²) in [4.78, 5) is 25.4. The Morgan fingerprint density at radius 3 is 2.69 bits per heavy atom. The number of phenolic OH excluding ortho intramolecular Hbond substituents is 2. The maximum atomic E-state index is 12.8. The van der Waals surface area contributed by atoms with Crippen LogP contribution in [0.2, 0.25) is 0 Å². The summed E-state index contributed by atoms with van der Waals surface area (Å²) in [5.41, 5.74) is 0.123. The summed E-state index contributed by atoms with van der Waals surface area (Å²) >= 11 is 0. The highest BCUT2D eigenvalue weighted by Gasteiger charge is 2.45. The Balaban J connectivity index is 1.98.